The third-order valence-electron chi connectivity index (χ3n) is 3.63. The number of nitrogens with zero attached hydrogens (tertiary/aromatic N) is 2. The summed E-state index contributed by atoms with van der Waals surface area (Å²) in [5, 5.41) is 9.05. The number of aliphatic carboxylic acids is 1. The molecule has 1 N–H and O–H groups in total. The molecule has 22 heavy (non-hydrogen) atoms. The third kappa shape index (κ3) is 4.07. The Morgan fingerprint density at radius 3 is 2.77 bits per heavy atom. The molecule has 2 amide bonds. The minimum Gasteiger partial charge on any atom is -0.481 e. The molecular weight excluding hydrogens is 372 g/mol. The molecule has 0 radical (unpaired) electrons. The van der Waals surface area contributed by atoms with Crippen molar-refractivity contribution in [2.75, 3.05) is 26.7 Å². The number of hydrogen-bond acceptors (Lipinski definition) is 4. The van der Waals surface area contributed by atoms with Gasteiger partial charge in [0.2, 0.25) is 5.91 Å². The topological polar surface area (TPSA) is 77.9 Å². The average molecular weight is 389 g/mol. The number of halogens is 1. The number of carbonyl (C=O) groups excluding carboxylic acids is 2. The lowest BCUT2D eigenvalue weighted by molar-refractivity contribution is -0.145. The molecular formula is C14H17BrN2O4S. The monoisotopic (exact) mass is 388 g/mol. The van der Waals surface area contributed by atoms with Crippen LogP contribution in [0.25, 0.3) is 0 Å². The molecule has 1 fully saturated rings. The van der Waals surface area contributed by atoms with E-state index in [4.69, 9.17) is 5.11 Å². The SMILES string of the molecule is CN(CC(=O)N1CCCC(C(=O)O)C1)C(=O)c1ccc(Br)s1. The molecule has 1 aromatic rings. The molecule has 0 spiro atoms. The van der Waals surface area contributed by atoms with E-state index in [1.54, 1.807) is 19.2 Å². The standard InChI is InChI=1S/C14H17BrN2O4S/c1-16(13(19)10-4-5-11(15)22-10)8-12(18)17-6-2-3-9(7-17)14(20)21/h4-5,9H,2-3,6-8H2,1H3,(H,20,21). The van der Waals surface area contributed by atoms with Crippen molar-refractivity contribution in [2.24, 2.45) is 5.92 Å². The minimum absolute atomic E-state index is 0.0410. The molecule has 1 saturated heterocycles. The largest absolute Gasteiger partial charge is 0.481 e. The van der Waals surface area contributed by atoms with Crippen molar-refractivity contribution in [1.29, 1.82) is 0 Å². The molecule has 6 nitrogen and oxygen atoms in total. The third-order valence-corrected chi connectivity index (χ3v) is 5.24. The minimum atomic E-state index is -0.870. The van der Waals surface area contributed by atoms with Gasteiger partial charge in [0.1, 0.15) is 0 Å². The molecule has 1 atom stereocenters. The predicted octanol–water partition coefficient (Wildman–Crippen LogP) is 1.91. The number of carboxylic acid groups (broad SMARTS) is 1. The number of carboxylic acids is 1. The summed E-state index contributed by atoms with van der Waals surface area (Å²) in [5.74, 6) is -1.80. The van der Waals surface area contributed by atoms with Gasteiger partial charge in [0.25, 0.3) is 5.91 Å². The number of amides is 2. The molecule has 1 aromatic heterocycles. The maximum atomic E-state index is 12.3. The van der Waals surface area contributed by atoms with Crippen LogP contribution in [-0.4, -0.2) is 59.4 Å². The second kappa shape index (κ2) is 7.23. The molecule has 0 saturated carbocycles. The Labute approximate surface area is 140 Å². The summed E-state index contributed by atoms with van der Waals surface area (Å²) in [4.78, 5) is 38.9. The summed E-state index contributed by atoms with van der Waals surface area (Å²) in [6.07, 6.45) is 1.27. The van der Waals surface area contributed by atoms with Crippen LogP contribution in [0.5, 0.6) is 0 Å². The van der Waals surface area contributed by atoms with Crippen molar-refractivity contribution in [3.05, 3.63) is 20.8 Å². The van der Waals surface area contributed by atoms with Gasteiger partial charge in [-0.25, -0.2) is 0 Å². The normalized spacial score (nSPS) is 18.1. The van der Waals surface area contributed by atoms with Crippen LogP contribution in [0.1, 0.15) is 22.5 Å². The fourth-order valence-electron chi connectivity index (χ4n) is 2.40. The van der Waals surface area contributed by atoms with Gasteiger partial charge in [-0.2, -0.15) is 0 Å². The van der Waals surface area contributed by atoms with Crippen LogP contribution in [0.3, 0.4) is 0 Å². The molecule has 1 unspecified atom stereocenters. The zero-order valence-electron chi connectivity index (χ0n) is 12.1. The fraction of sp³-hybridized carbons (Fsp3) is 0.500. The van der Waals surface area contributed by atoms with Crippen LogP contribution >= 0.6 is 27.3 Å². The van der Waals surface area contributed by atoms with Crippen molar-refractivity contribution in [2.45, 2.75) is 12.8 Å². The number of piperidine rings is 1. The predicted molar refractivity (Wildman–Crippen MR) is 85.9 cm³/mol. The first-order chi connectivity index (χ1) is 10.4. The highest BCUT2D eigenvalue weighted by Gasteiger charge is 2.29. The summed E-state index contributed by atoms with van der Waals surface area (Å²) in [5.41, 5.74) is 0. The lowest BCUT2D eigenvalue weighted by Gasteiger charge is -2.31. The summed E-state index contributed by atoms with van der Waals surface area (Å²) >= 11 is 4.61. The van der Waals surface area contributed by atoms with Gasteiger partial charge >= 0.3 is 5.97 Å². The van der Waals surface area contributed by atoms with Crippen molar-refractivity contribution < 1.29 is 19.5 Å². The lowest BCUT2D eigenvalue weighted by Crippen LogP contribution is -2.46. The number of likely N-dealkylation sites (N-methyl/N-ethyl adjacent to an activating group) is 1. The van der Waals surface area contributed by atoms with Gasteiger partial charge in [0.15, 0.2) is 0 Å². The quantitative estimate of drug-likeness (QED) is 0.854. The second-order valence-electron chi connectivity index (χ2n) is 5.28. The van der Waals surface area contributed by atoms with Gasteiger partial charge < -0.3 is 14.9 Å². The molecule has 0 bridgehead atoms. The Morgan fingerprint density at radius 1 is 1.45 bits per heavy atom. The van der Waals surface area contributed by atoms with Crippen LogP contribution in [0.15, 0.2) is 15.9 Å². The number of rotatable bonds is 4. The second-order valence-corrected chi connectivity index (χ2v) is 7.75. The van der Waals surface area contributed by atoms with Crippen molar-refractivity contribution >= 4 is 45.1 Å². The number of likely N-dealkylation sites (tertiary alicyclic amines) is 1. The van der Waals surface area contributed by atoms with Gasteiger partial charge in [0.05, 0.1) is 21.1 Å². The van der Waals surface area contributed by atoms with Crippen LogP contribution in [0.2, 0.25) is 0 Å². The van der Waals surface area contributed by atoms with Gasteiger partial charge in [0, 0.05) is 20.1 Å². The molecule has 120 valence electrons. The number of carbonyl (C=O) groups is 3. The van der Waals surface area contributed by atoms with E-state index in [0.717, 1.165) is 3.79 Å². The lowest BCUT2D eigenvalue weighted by atomic mass is 9.98. The van der Waals surface area contributed by atoms with E-state index in [9.17, 15) is 14.4 Å². The molecule has 2 heterocycles. The molecule has 2 rings (SSSR count). The maximum Gasteiger partial charge on any atom is 0.308 e. The van der Waals surface area contributed by atoms with Crippen LogP contribution in [-0.2, 0) is 9.59 Å². The smallest absolute Gasteiger partial charge is 0.308 e. The molecule has 0 aliphatic carbocycles. The summed E-state index contributed by atoms with van der Waals surface area (Å²) in [6, 6.07) is 3.50. The first kappa shape index (κ1) is 17.0. The van der Waals surface area contributed by atoms with Gasteiger partial charge in [-0.15, -0.1) is 11.3 Å². The van der Waals surface area contributed by atoms with Crippen molar-refractivity contribution in [3.8, 4) is 0 Å². The number of hydrogen-bond donors (Lipinski definition) is 1. The fourth-order valence-corrected chi connectivity index (χ4v) is 3.78. The molecule has 8 heteroatoms. The average Bonchev–Trinajstić information content (AvgIpc) is 2.93. The Bertz CT molecular complexity index is 589. The van der Waals surface area contributed by atoms with Crippen LogP contribution in [0.4, 0.5) is 0 Å². The highest BCUT2D eigenvalue weighted by molar-refractivity contribution is 9.11. The van der Waals surface area contributed by atoms with E-state index in [1.807, 2.05) is 0 Å². The summed E-state index contributed by atoms with van der Waals surface area (Å²) in [6.45, 7) is 0.733. The summed E-state index contributed by atoms with van der Waals surface area (Å²) < 4.78 is 0.857. The van der Waals surface area contributed by atoms with Gasteiger partial charge in [-0.05, 0) is 40.9 Å². The van der Waals surface area contributed by atoms with Crippen LogP contribution < -0.4 is 0 Å². The first-order valence-electron chi connectivity index (χ1n) is 6.90. The zero-order chi connectivity index (χ0) is 16.3. The van der Waals surface area contributed by atoms with E-state index in [0.29, 0.717) is 24.3 Å². The van der Waals surface area contributed by atoms with Gasteiger partial charge in [-0.3, -0.25) is 14.4 Å². The molecule has 0 aromatic carbocycles. The van der Waals surface area contributed by atoms with Crippen molar-refractivity contribution in [1.82, 2.24) is 9.80 Å². The maximum absolute atomic E-state index is 12.3. The number of thiophene rings is 1. The van der Waals surface area contributed by atoms with E-state index in [-0.39, 0.29) is 24.9 Å². The summed E-state index contributed by atoms with van der Waals surface area (Å²) in [7, 11) is 1.58. The zero-order valence-corrected chi connectivity index (χ0v) is 14.5. The Hall–Kier alpha value is -1.41. The molecule has 1 aliphatic heterocycles. The highest BCUT2D eigenvalue weighted by atomic mass is 79.9. The van der Waals surface area contributed by atoms with E-state index in [2.05, 4.69) is 15.9 Å². The van der Waals surface area contributed by atoms with Crippen molar-refractivity contribution in [3.63, 3.8) is 0 Å². The Morgan fingerprint density at radius 2 is 2.18 bits per heavy atom. The molecule has 1 aliphatic rings. The Kier molecular flexibility index (Phi) is 5.57. The highest BCUT2D eigenvalue weighted by Crippen LogP contribution is 2.23. The van der Waals surface area contributed by atoms with Gasteiger partial charge in [-0.1, -0.05) is 0 Å². The van der Waals surface area contributed by atoms with E-state index in [1.165, 1.54) is 21.1 Å². The van der Waals surface area contributed by atoms with E-state index >= 15 is 0 Å². The Balaban J connectivity index is 1.93. The van der Waals surface area contributed by atoms with Crippen LogP contribution in [0, 0.1) is 5.92 Å². The van der Waals surface area contributed by atoms with E-state index < -0.39 is 11.9 Å². The first-order valence-corrected chi connectivity index (χ1v) is 8.51.